The van der Waals surface area contributed by atoms with Gasteiger partial charge in [-0.1, -0.05) is 0 Å². The molecule has 0 spiro atoms. The molecule has 0 aromatic carbocycles. The molecule has 1 heterocycles. The van der Waals surface area contributed by atoms with Gasteiger partial charge in [-0.2, -0.15) is 0 Å². The van der Waals surface area contributed by atoms with Gasteiger partial charge < -0.3 is 14.6 Å². The molecule has 0 bridgehead atoms. The Morgan fingerprint density at radius 3 is 2.78 bits per heavy atom. The minimum Gasteiger partial charge on any atom is -0.480 e. The number of aliphatic carboxylic acids is 1. The summed E-state index contributed by atoms with van der Waals surface area (Å²) in [6.07, 6.45) is 7.61. The third kappa shape index (κ3) is 3.87. The van der Waals surface area contributed by atoms with Crippen LogP contribution < -0.4 is 0 Å². The van der Waals surface area contributed by atoms with Crippen molar-refractivity contribution >= 4 is 11.9 Å². The van der Waals surface area contributed by atoms with E-state index >= 15 is 0 Å². The highest BCUT2D eigenvalue weighted by Gasteiger charge is 2.27. The average molecular weight is 251 g/mol. The SMILES string of the molecule is O=C(O)CN(CC1CC1)C(=O)CCn1ccnc1. The smallest absolute Gasteiger partial charge is 0.323 e. The van der Waals surface area contributed by atoms with Gasteiger partial charge in [0.2, 0.25) is 5.91 Å². The van der Waals surface area contributed by atoms with Crippen molar-refractivity contribution in [3.8, 4) is 0 Å². The van der Waals surface area contributed by atoms with Gasteiger partial charge in [0.15, 0.2) is 0 Å². The molecule has 0 atom stereocenters. The first kappa shape index (κ1) is 12.6. The maximum atomic E-state index is 12.0. The van der Waals surface area contributed by atoms with E-state index in [1.165, 1.54) is 4.90 Å². The van der Waals surface area contributed by atoms with E-state index in [-0.39, 0.29) is 12.5 Å². The lowest BCUT2D eigenvalue weighted by Crippen LogP contribution is -2.37. The van der Waals surface area contributed by atoms with E-state index in [0.29, 0.717) is 25.4 Å². The summed E-state index contributed by atoms with van der Waals surface area (Å²) in [4.78, 5) is 28.1. The Morgan fingerprint density at radius 2 is 2.22 bits per heavy atom. The largest absolute Gasteiger partial charge is 0.480 e. The zero-order valence-electron chi connectivity index (χ0n) is 10.2. The summed E-state index contributed by atoms with van der Waals surface area (Å²) < 4.78 is 1.81. The fourth-order valence-corrected chi connectivity index (χ4v) is 1.83. The molecule has 1 aliphatic rings. The third-order valence-electron chi connectivity index (χ3n) is 3.00. The van der Waals surface area contributed by atoms with Crippen molar-refractivity contribution in [3.05, 3.63) is 18.7 Å². The third-order valence-corrected chi connectivity index (χ3v) is 3.00. The van der Waals surface area contributed by atoms with Crippen LogP contribution in [0.25, 0.3) is 0 Å². The van der Waals surface area contributed by atoms with Crippen molar-refractivity contribution in [2.24, 2.45) is 5.92 Å². The van der Waals surface area contributed by atoms with Gasteiger partial charge in [-0.15, -0.1) is 0 Å². The first-order chi connectivity index (χ1) is 8.65. The van der Waals surface area contributed by atoms with E-state index < -0.39 is 5.97 Å². The van der Waals surface area contributed by atoms with Gasteiger partial charge in [0.25, 0.3) is 0 Å². The van der Waals surface area contributed by atoms with Crippen LogP contribution in [0.3, 0.4) is 0 Å². The molecular weight excluding hydrogens is 234 g/mol. The van der Waals surface area contributed by atoms with Gasteiger partial charge in [0, 0.05) is 31.9 Å². The average Bonchev–Trinajstić information content (AvgIpc) is 2.98. The molecule has 98 valence electrons. The Labute approximate surface area is 105 Å². The number of imidazole rings is 1. The Bertz CT molecular complexity index is 412. The van der Waals surface area contributed by atoms with E-state index in [9.17, 15) is 9.59 Å². The quantitative estimate of drug-likeness (QED) is 0.769. The Balaban J connectivity index is 1.83. The number of carbonyl (C=O) groups excluding carboxylic acids is 1. The number of hydrogen-bond donors (Lipinski definition) is 1. The van der Waals surface area contributed by atoms with Crippen LogP contribution in [-0.4, -0.2) is 44.5 Å². The first-order valence-electron chi connectivity index (χ1n) is 6.10. The Kier molecular flexibility index (Phi) is 3.96. The fourth-order valence-electron chi connectivity index (χ4n) is 1.83. The zero-order chi connectivity index (χ0) is 13.0. The highest BCUT2D eigenvalue weighted by atomic mass is 16.4. The highest BCUT2D eigenvalue weighted by Crippen LogP contribution is 2.29. The van der Waals surface area contributed by atoms with Gasteiger partial charge in [-0.05, 0) is 18.8 Å². The molecule has 0 aliphatic heterocycles. The Hall–Kier alpha value is -1.85. The predicted molar refractivity (Wildman–Crippen MR) is 63.8 cm³/mol. The van der Waals surface area contributed by atoms with Crippen LogP contribution in [0.5, 0.6) is 0 Å². The molecule has 0 radical (unpaired) electrons. The van der Waals surface area contributed by atoms with Gasteiger partial charge in [-0.25, -0.2) is 4.98 Å². The second kappa shape index (κ2) is 5.66. The normalized spacial score (nSPS) is 14.4. The molecule has 1 saturated carbocycles. The van der Waals surface area contributed by atoms with Gasteiger partial charge >= 0.3 is 5.97 Å². The van der Waals surface area contributed by atoms with Crippen molar-refractivity contribution < 1.29 is 14.7 Å². The van der Waals surface area contributed by atoms with Gasteiger partial charge in [0.05, 0.1) is 6.33 Å². The zero-order valence-corrected chi connectivity index (χ0v) is 10.2. The van der Waals surface area contributed by atoms with Crippen molar-refractivity contribution in [2.75, 3.05) is 13.1 Å². The monoisotopic (exact) mass is 251 g/mol. The summed E-state index contributed by atoms with van der Waals surface area (Å²) >= 11 is 0. The number of nitrogens with zero attached hydrogens (tertiary/aromatic N) is 3. The van der Waals surface area contributed by atoms with Crippen molar-refractivity contribution in [3.63, 3.8) is 0 Å². The van der Waals surface area contributed by atoms with E-state index in [1.54, 1.807) is 18.7 Å². The molecule has 1 amide bonds. The minimum atomic E-state index is -0.952. The summed E-state index contributed by atoms with van der Waals surface area (Å²) in [6.45, 7) is 0.925. The molecule has 1 aromatic rings. The molecule has 0 unspecified atom stereocenters. The number of aromatic nitrogens is 2. The summed E-state index contributed by atoms with van der Waals surface area (Å²) in [7, 11) is 0. The van der Waals surface area contributed by atoms with Crippen LogP contribution >= 0.6 is 0 Å². The molecule has 2 rings (SSSR count). The second-order valence-electron chi connectivity index (χ2n) is 4.66. The van der Waals surface area contributed by atoms with E-state index in [4.69, 9.17) is 5.11 Å². The molecule has 1 N–H and O–H groups in total. The number of hydrogen-bond acceptors (Lipinski definition) is 3. The number of carboxylic acids is 1. The summed E-state index contributed by atoms with van der Waals surface area (Å²) in [5.74, 6) is -0.550. The van der Waals surface area contributed by atoms with Crippen molar-refractivity contribution in [1.29, 1.82) is 0 Å². The number of aryl methyl sites for hydroxylation is 1. The van der Waals surface area contributed by atoms with E-state index in [2.05, 4.69) is 4.98 Å². The van der Waals surface area contributed by atoms with Crippen LogP contribution in [0.15, 0.2) is 18.7 Å². The van der Waals surface area contributed by atoms with Crippen LogP contribution in [0, 0.1) is 5.92 Å². The summed E-state index contributed by atoms with van der Waals surface area (Å²) in [6, 6.07) is 0. The standard InChI is InChI=1S/C12H17N3O3/c16-11(3-5-14-6-4-13-9-14)15(8-12(17)18)7-10-1-2-10/h4,6,9-10H,1-3,5,7-8H2,(H,17,18). The van der Waals surface area contributed by atoms with Crippen LogP contribution in [0.4, 0.5) is 0 Å². The van der Waals surface area contributed by atoms with E-state index in [1.807, 2.05) is 4.57 Å². The molecule has 0 saturated heterocycles. The molecule has 1 aromatic heterocycles. The molecule has 1 aliphatic carbocycles. The Morgan fingerprint density at radius 1 is 1.44 bits per heavy atom. The number of carboxylic acid groups (broad SMARTS) is 1. The van der Waals surface area contributed by atoms with Gasteiger partial charge in [-0.3, -0.25) is 9.59 Å². The highest BCUT2D eigenvalue weighted by molar-refractivity contribution is 5.81. The number of carbonyl (C=O) groups is 2. The van der Waals surface area contributed by atoms with Gasteiger partial charge in [0.1, 0.15) is 6.54 Å². The van der Waals surface area contributed by atoms with Crippen molar-refractivity contribution in [2.45, 2.75) is 25.8 Å². The summed E-state index contributed by atoms with van der Waals surface area (Å²) in [5, 5.41) is 8.81. The minimum absolute atomic E-state index is 0.0991. The van der Waals surface area contributed by atoms with Crippen molar-refractivity contribution in [1.82, 2.24) is 14.5 Å². The maximum absolute atomic E-state index is 12.0. The lowest BCUT2D eigenvalue weighted by atomic mass is 10.3. The molecule has 6 nitrogen and oxygen atoms in total. The second-order valence-corrected chi connectivity index (χ2v) is 4.66. The predicted octanol–water partition coefficient (Wildman–Crippen LogP) is 0.596. The number of amides is 1. The molecule has 18 heavy (non-hydrogen) atoms. The maximum Gasteiger partial charge on any atom is 0.323 e. The van der Waals surface area contributed by atoms with Crippen LogP contribution in [0.1, 0.15) is 19.3 Å². The lowest BCUT2D eigenvalue weighted by Gasteiger charge is -2.20. The fraction of sp³-hybridized carbons (Fsp3) is 0.583. The summed E-state index contributed by atoms with van der Waals surface area (Å²) in [5.41, 5.74) is 0. The lowest BCUT2D eigenvalue weighted by molar-refractivity contribution is -0.144. The molecule has 6 heteroatoms. The van der Waals surface area contributed by atoms with E-state index in [0.717, 1.165) is 12.8 Å². The van der Waals surface area contributed by atoms with Crippen LogP contribution in [0.2, 0.25) is 0 Å². The topological polar surface area (TPSA) is 75.4 Å². The number of rotatable bonds is 7. The first-order valence-corrected chi connectivity index (χ1v) is 6.10. The molecular formula is C12H17N3O3. The molecule has 1 fully saturated rings. The van der Waals surface area contributed by atoms with Crippen LogP contribution in [-0.2, 0) is 16.1 Å².